The number of ether oxygens (including phenoxy) is 1. The van der Waals surface area contributed by atoms with Crippen molar-refractivity contribution in [3.05, 3.63) is 63.2 Å². The molecule has 0 fully saturated rings. The summed E-state index contributed by atoms with van der Waals surface area (Å²) in [6.45, 7) is 2.84. The molecule has 0 aliphatic carbocycles. The van der Waals surface area contributed by atoms with Crippen LogP contribution in [0, 0.1) is 3.57 Å². The van der Waals surface area contributed by atoms with Crippen LogP contribution in [0.1, 0.15) is 30.5 Å². The van der Waals surface area contributed by atoms with E-state index in [0.717, 1.165) is 24.3 Å². The highest BCUT2D eigenvalue weighted by Gasteiger charge is 2.14. The van der Waals surface area contributed by atoms with E-state index in [1.807, 2.05) is 24.3 Å². The summed E-state index contributed by atoms with van der Waals surface area (Å²) >= 11 is 2.33. The molecule has 0 saturated heterocycles. The van der Waals surface area contributed by atoms with Gasteiger partial charge in [0.2, 0.25) is 0 Å². The molecule has 3 nitrogen and oxygen atoms in total. The quantitative estimate of drug-likeness (QED) is 0.456. The van der Waals surface area contributed by atoms with Crippen LogP contribution in [0.5, 0.6) is 5.75 Å². The van der Waals surface area contributed by atoms with Crippen molar-refractivity contribution in [1.82, 2.24) is 5.43 Å². The largest absolute Gasteiger partial charge is 0.494 e. The highest BCUT2D eigenvalue weighted by molar-refractivity contribution is 14.1. The monoisotopic (exact) mass is 382 g/mol. The number of nitrogens with one attached hydrogen (secondary N) is 1. The second-order valence-electron chi connectivity index (χ2n) is 4.54. The van der Waals surface area contributed by atoms with E-state index in [1.54, 1.807) is 0 Å². The molecule has 0 radical (unpaired) electrons. The zero-order chi connectivity index (χ0) is 14.4. The molecule has 0 heterocycles. The zero-order valence-electron chi connectivity index (χ0n) is 11.5. The van der Waals surface area contributed by atoms with Crippen LogP contribution in [0.4, 0.5) is 0 Å². The van der Waals surface area contributed by atoms with E-state index in [9.17, 15) is 0 Å². The second kappa shape index (κ2) is 7.61. The second-order valence-corrected chi connectivity index (χ2v) is 5.70. The summed E-state index contributed by atoms with van der Waals surface area (Å²) in [5.74, 6) is 6.64. The standard InChI is InChI=1S/C16H19IN2O/c1-2-11-20-13-9-7-12(8-10-13)16(19-18)14-5-3-4-6-15(14)17/h3-10,16,19H,2,11,18H2,1H3. The Kier molecular flexibility index (Phi) is 5.82. The molecule has 0 bridgehead atoms. The summed E-state index contributed by atoms with van der Waals surface area (Å²) in [6.07, 6.45) is 1.01. The van der Waals surface area contributed by atoms with E-state index in [0.29, 0.717) is 0 Å². The molecule has 1 unspecified atom stereocenters. The van der Waals surface area contributed by atoms with E-state index in [-0.39, 0.29) is 6.04 Å². The van der Waals surface area contributed by atoms with Gasteiger partial charge in [0.25, 0.3) is 0 Å². The average Bonchev–Trinajstić information content (AvgIpc) is 2.49. The van der Waals surface area contributed by atoms with Gasteiger partial charge < -0.3 is 4.74 Å². The summed E-state index contributed by atoms with van der Waals surface area (Å²) in [5.41, 5.74) is 5.20. The van der Waals surface area contributed by atoms with Crippen molar-refractivity contribution >= 4 is 22.6 Å². The average molecular weight is 382 g/mol. The van der Waals surface area contributed by atoms with Crippen LogP contribution in [0.3, 0.4) is 0 Å². The lowest BCUT2D eigenvalue weighted by Crippen LogP contribution is -2.29. The number of hydrogen-bond donors (Lipinski definition) is 2. The number of benzene rings is 2. The predicted molar refractivity (Wildman–Crippen MR) is 90.6 cm³/mol. The van der Waals surface area contributed by atoms with Gasteiger partial charge in [-0.05, 0) is 58.3 Å². The fourth-order valence-electron chi connectivity index (χ4n) is 2.05. The first kappa shape index (κ1) is 15.3. The van der Waals surface area contributed by atoms with Crippen molar-refractivity contribution in [3.8, 4) is 5.75 Å². The van der Waals surface area contributed by atoms with Crippen LogP contribution in [-0.4, -0.2) is 6.61 Å². The van der Waals surface area contributed by atoms with Crippen molar-refractivity contribution in [3.63, 3.8) is 0 Å². The molecule has 1 atom stereocenters. The van der Waals surface area contributed by atoms with Crippen molar-refractivity contribution in [2.45, 2.75) is 19.4 Å². The van der Waals surface area contributed by atoms with Gasteiger partial charge >= 0.3 is 0 Å². The molecular weight excluding hydrogens is 363 g/mol. The molecule has 0 saturated carbocycles. The van der Waals surface area contributed by atoms with Crippen molar-refractivity contribution in [2.75, 3.05) is 6.61 Å². The lowest BCUT2D eigenvalue weighted by molar-refractivity contribution is 0.317. The third-order valence-corrected chi connectivity index (χ3v) is 4.05. The van der Waals surface area contributed by atoms with Gasteiger partial charge in [0.1, 0.15) is 5.75 Å². The van der Waals surface area contributed by atoms with Gasteiger partial charge in [0.15, 0.2) is 0 Å². The molecule has 0 aliphatic heterocycles. The van der Waals surface area contributed by atoms with Crippen LogP contribution in [0.15, 0.2) is 48.5 Å². The van der Waals surface area contributed by atoms with Crippen molar-refractivity contribution in [1.29, 1.82) is 0 Å². The smallest absolute Gasteiger partial charge is 0.119 e. The molecule has 106 valence electrons. The number of rotatable bonds is 6. The fraction of sp³-hybridized carbons (Fsp3) is 0.250. The minimum absolute atomic E-state index is 0.0108. The maximum Gasteiger partial charge on any atom is 0.119 e. The lowest BCUT2D eigenvalue weighted by atomic mass is 9.99. The SMILES string of the molecule is CCCOc1ccc(C(NN)c2ccccc2I)cc1. The van der Waals surface area contributed by atoms with Gasteiger partial charge in [-0.3, -0.25) is 5.84 Å². The molecule has 0 aromatic heterocycles. The van der Waals surface area contributed by atoms with Gasteiger partial charge in [0.05, 0.1) is 12.6 Å². The number of hydrogen-bond acceptors (Lipinski definition) is 3. The first-order chi connectivity index (χ1) is 9.76. The van der Waals surface area contributed by atoms with Gasteiger partial charge in [0, 0.05) is 3.57 Å². The van der Waals surface area contributed by atoms with E-state index in [2.05, 4.69) is 59.2 Å². The first-order valence-electron chi connectivity index (χ1n) is 6.69. The van der Waals surface area contributed by atoms with Gasteiger partial charge in [-0.15, -0.1) is 0 Å². The van der Waals surface area contributed by atoms with Crippen LogP contribution >= 0.6 is 22.6 Å². The Morgan fingerprint density at radius 1 is 1.15 bits per heavy atom. The van der Waals surface area contributed by atoms with Crippen LogP contribution in [-0.2, 0) is 0 Å². The Hall–Kier alpha value is -1.11. The predicted octanol–water partition coefficient (Wildman–Crippen LogP) is 3.63. The molecule has 2 aromatic carbocycles. The third kappa shape index (κ3) is 3.71. The lowest BCUT2D eigenvalue weighted by Gasteiger charge is -2.18. The van der Waals surface area contributed by atoms with Gasteiger partial charge in [-0.1, -0.05) is 37.3 Å². The van der Waals surface area contributed by atoms with E-state index >= 15 is 0 Å². The Balaban J connectivity index is 2.22. The summed E-state index contributed by atoms with van der Waals surface area (Å²) in [6, 6.07) is 16.3. The summed E-state index contributed by atoms with van der Waals surface area (Å²) in [7, 11) is 0. The molecule has 0 spiro atoms. The summed E-state index contributed by atoms with van der Waals surface area (Å²) in [4.78, 5) is 0. The van der Waals surface area contributed by atoms with Crippen LogP contribution in [0.2, 0.25) is 0 Å². The van der Waals surface area contributed by atoms with Crippen molar-refractivity contribution < 1.29 is 4.74 Å². The number of hydrazine groups is 1. The molecule has 20 heavy (non-hydrogen) atoms. The maximum absolute atomic E-state index is 5.74. The molecule has 4 heteroatoms. The van der Waals surface area contributed by atoms with E-state index in [1.165, 1.54) is 9.13 Å². The molecule has 0 amide bonds. The number of halogens is 1. The topological polar surface area (TPSA) is 47.3 Å². The normalized spacial score (nSPS) is 12.2. The highest BCUT2D eigenvalue weighted by Crippen LogP contribution is 2.26. The Labute approximate surface area is 133 Å². The summed E-state index contributed by atoms with van der Waals surface area (Å²) in [5, 5.41) is 0. The van der Waals surface area contributed by atoms with E-state index in [4.69, 9.17) is 10.6 Å². The maximum atomic E-state index is 5.74. The third-order valence-electron chi connectivity index (χ3n) is 3.07. The highest BCUT2D eigenvalue weighted by atomic mass is 127. The molecule has 3 N–H and O–H groups in total. The van der Waals surface area contributed by atoms with E-state index < -0.39 is 0 Å². The fourth-order valence-corrected chi connectivity index (χ4v) is 2.75. The Morgan fingerprint density at radius 2 is 1.85 bits per heavy atom. The molecule has 2 aromatic rings. The Morgan fingerprint density at radius 3 is 2.45 bits per heavy atom. The van der Waals surface area contributed by atoms with Gasteiger partial charge in [-0.2, -0.15) is 0 Å². The minimum atomic E-state index is -0.0108. The first-order valence-corrected chi connectivity index (χ1v) is 7.77. The van der Waals surface area contributed by atoms with Gasteiger partial charge in [-0.25, -0.2) is 5.43 Å². The molecular formula is C16H19IN2O. The molecule has 2 rings (SSSR count). The van der Waals surface area contributed by atoms with Crippen LogP contribution < -0.4 is 16.0 Å². The van der Waals surface area contributed by atoms with Crippen LogP contribution in [0.25, 0.3) is 0 Å². The minimum Gasteiger partial charge on any atom is -0.494 e. The Bertz CT molecular complexity index is 542. The van der Waals surface area contributed by atoms with Crippen molar-refractivity contribution in [2.24, 2.45) is 5.84 Å². The molecule has 0 aliphatic rings. The summed E-state index contributed by atoms with van der Waals surface area (Å²) < 4.78 is 6.79. The zero-order valence-corrected chi connectivity index (χ0v) is 13.6. The number of nitrogens with two attached hydrogens (primary N) is 1.